The number of aryl methyl sites for hydroxylation is 1. The number of amides is 1. The number of carbonyl (C=O) groups is 1. The van der Waals surface area contributed by atoms with Crippen LogP contribution in [0.1, 0.15) is 71.4 Å². The number of fused-ring (bicyclic) bond motifs is 1. The number of ether oxygens (including phenoxy) is 2. The van der Waals surface area contributed by atoms with Gasteiger partial charge in [0.2, 0.25) is 0 Å². The molecule has 3 aliphatic heterocycles. The molecule has 10 heteroatoms. The van der Waals surface area contributed by atoms with Crippen LogP contribution < -0.4 is 20.7 Å². The van der Waals surface area contributed by atoms with E-state index in [-0.39, 0.29) is 18.0 Å². The molecule has 1 aromatic carbocycles. The number of aromatic amines is 1. The molecule has 5 heterocycles. The summed E-state index contributed by atoms with van der Waals surface area (Å²) in [6.07, 6.45) is 5.72. The summed E-state index contributed by atoms with van der Waals surface area (Å²) in [7, 11) is 0. The van der Waals surface area contributed by atoms with Gasteiger partial charge in [-0.25, -0.2) is 4.98 Å². The molecule has 10 nitrogen and oxygen atoms in total. The molecule has 3 aliphatic rings. The van der Waals surface area contributed by atoms with E-state index in [0.29, 0.717) is 30.4 Å². The molecule has 0 unspecified atom stereocenters. The maximum absolute atomic E-state index is 14.1. The average molecular weight is 643 g/mol. The van der Waals surface area contributed by atoms with Crippen molar-refractivity contribution in [3.63, 3.8) is 0 Å². The molecule has 6 rings (SSSR count). The first-order valence-electron chi connectivity index (χ1n) is 17.4. The minimum Gasteiger partial charge on any atom is -0.381 e. The number of rotatable bonds is 10. The number of pyridine rings is 2. The van der Waals surface area contributed by atoms with Crippen LogP contribution in [0.15, 0.2) is 35.3 Å². The van der Waals surface area contributed by atoms with Crippen molar-refractivity contribution in [3.8, 4) is 11.1 Å². The van der Waals surface area contributed by atoms with Gasteiger partial charge in [0.25, 0.3) is 11.5 Å². The van der Waals surface area contributed by atoms with Crippen LogP contribution in [0.3, 0.4) is 0 Å². The van der Waals surface area contributed by atoms with Crippen molar-refractivity contribution >= 4 is 17.4 Å². The summed E-state index contributed by atoms with van der Waals surface area (Å²) in [6.45, 7) is 16.7. The third-order valence-electron chi connectivity index (χ3n) is 10.1. The highest BCUT2D eigenvalue weighted by atomic mass is 16.5. The summed E-state index contributed by atoms with van der Waals surface area (Å²) in [6, 6.07) is 8.68. The monoisotopic (exact) mass is 642 g/mol. The highest BCUT2D eigenvalue weighted by Crippen LogP contribution is 2.34. The number of anilines is 2. The van der Waals surface area contributed by atoms with Crippen LogP contribution in [0.2, 0.25) is 0 Å². The van der Waals surface area contributed by atoms with Gasteiger partial charge in [0, 0.05) is 92.8 Å². The van der Waals surface area contributed by atoms with Crippen molar-refractivity contribution in [3.05, 3.63) is 74.3 Å². The van der Waals surface area contributed by atoms with E-state index < -0.39 is 0 Å². The molecule has 2 fully saturated rings. The molecule has 0 bridgehead atoms. The lowest BCUT2D eigenvalue weighted by molar-refractivity contribution is 0.0846. The average Bonchev–Trinajstić information content (AvgIpc) is 3.10. The van der Waals surface area contributed by atoms with Crippen LogP contribution in [0.5, 0.6) is 0 Å². The standard InChI is InChI=1S/C37H50N6O4/c1-5-12-41-13-9-30-32(37(45)40-26(4)33(30)24-41)23-39-36(44)31-20-28(27-7-8-35(38-22-27)42-14-18-47-19-15-42)21-34(25(31)3)43(6-2)29-10-16-46-17-11-29/h7-8,20-22,29H,5-6,9-19,23-24H2,1-4H3,(H,39,44)(H,40,45). The largest absolute Gasteiger partial charge is 0.381 e. The molecule has 0 radical (unpaired) electrons. The lowest BCUT2D eigenvalue weighted by Crippen LogP contribution is -2.40. The maximum atomic E-state index is 14.1. The number of nitrogens with one attached hydrogen (secondary N) is 2. The quantitative estimate of drug-likeness (QED) is 0.331. The lowest BCUT2D eigenvalue weighted by atomic mass is 9.93. The van der Waals surface area contributed by atoms with Crippen molar-refractivity contribution in [2.75, 3.05) is 69.0 Å². The molecule has 1 amide bonds. The zero-order chi connectivity index (χ0) is 32.9. The van der Waals surface area contributed by atoms with Crippen molar-refractivity contribution < 1.29 is 14.3 Å². The molecular formula is C37H50N6O4. The molecule has 2 saturated heterocycles. The molecule has 2 N–H and O–H groups in total. The van der Waals surface area contributed by atoms with Gasteiger partial charge in [0.05, 0.1) is 13.2 Å². The van der Waals surface area contributed by atoms with Crippen molar-refractivity contribution in [1.82, 2.24) is 20.2 Å². The third-order valence-corrected chi connectivity index (χ3v) is 10.1. The first kappa shape index (κ1) is 33.2. The number of carbonyl (C=O) groups excluding carboxylic acids is 1. The number of aromatic nitrogens is 2. The van der Waals surface area contributed by atoms with Crippen molar-refractivity contribution in [1.29, 1.82) is 0 Å². The number of H-pyrrole nitrogens is 1. The highest BCUT2D eigenvalue weighted by molar-refractivity contribution is 5.99. The zero-order valence-electron chi connectivity index (χ0n) is 28.5. The van der Waals surface area contributed by atoms with Crippen molar-refractivity contribution in [2.45, 2.75) is 72.5 Å². The van der Waals surface area contributed by atoms with Gasteiger partial charge < -0.3 is 29.6 Å². The number of hydrogen-bond donors (Lipinski definition) is 2. The Morgan fingerprint density at radius 1 is 1.02 bits per heavy atom. The van der Waals surface area contributed by atoms with E-state index >= 15 is 0 Å². The summed E-state index contributed by atoms with van der Waals surface area (Å²) in [5.74, 6) is 0.757. The predicted molar refractivity (Wildman–Crippen MR) is 187 cm³/mol. The predicted octanol–water partition coefficient (Wildman–Crippen LogP) is 4.59. The Balaban J connectivity index is 1.32. The Labute approximate surface area is 278 Å². The number of hydrogen-bond acceptors (Lipinski definition) is 8. The van der Waals surface area contributed by atoms with E-state index in [1.165, 1.54) is 5.56 Å². The number of nitrogens with zero attached hydrogens (tertiary/aromatic N) is 4. The normalized spacial score (nSPS) is 17.4. The zero-order valence-corrected chi connectivity index (χ0v) is 28.5. The van der Waals surface area contributed by atoms with Crippen LogP contribution in [0.25, 0.3) is 11.1 Å². The van der Waals surface area contributed by atoms with Crippen LogP contribution in [0.4, 0.5) is 11.5 Å². The Bertz CT molecular complexity index is 1610. The number of morpholine rings is 1. The molecule has 252 valence electrons. The molecule has 0 atom stereocenters. The van der Waals surface area contributed by atoms with Gasteiger partial charge in [-0.15, -0.1) is 0 Å². The van der Waals surface area contributed by atoms with Crippen LogP contribution >= 0.6 is 0 Å². The Hall–Kier alpha value is -3.73. The molecule has 3 aromatic rings. The summed E-state index contributed by atoms with van der Waals surface area (Å²) < 4.78 is 11.2. The molecule has 47 heavy (non-hydrogen) atoms. The van der Waals surface area contributed by atoms with Gasteiger partial charge in [0.15, 0.2) is 0 Å². The first-order chi connectivity index (χ1) is 22.9. The van der Waals surface area contributed by atoms with Crippen molar-refractivity contribution in [2.24, 2.45) is 0 Å². The lowest BCUT2D eigenvalue weighted by Gasteiger charge is -2.37. The van der Waals surface area contributed by atoms with E-state index in [2.05, 4.69) is 57.0 Å². The van der Waals surface area contributed by atoms with Gasteiger partial charge in [-0.2, -0.15) is 0 Å². The maximum Gasteiger partial charge on any atom is 0.253 e. The van der Waals surface area contributed by atoms with Gasteiger partial charge >= 0.3 is 0 Å². The van der Waals surface area contributed by atoms with Gasteiger partial charge in [0.1, 0.15) is 5.82 Å². The van der Waals surface area contributed by atoms with E-state index in [9.17, 15) is 9.59 Å². The Morgan fingerprint density at radius 3 is 2.49 bits per heavy atom. The van der Waals surface area contributed by atoms with Gasteiger partial charge in [-0.1, -0.05) is 6.92 Å². The fraction of sp³-hybridized carbons (Fsp3) is 0.541. The smallest absolute Gasteiger partial charge is 0.253 e. The highest BCUT2D eigenvalue weighted by Gasteiger charge is 2.26. The summed E-state index contributed by atoms with van der Waals surface area (Å²) in [4.78, 5) is 42.3. The van der Waals surface area contributed by atoms with Gasteiger partial charge in [-0.3, -0.25) is 14.5 Å². The van der Waals surface area contributed by atoms with E-state index in [4.69, 9.17) is 14.5 Å². The second-order valence-corrected chi connectivity index (χ2v) is 13.0. The number of benzene rings is 1. The fourth-order valence-corrected chi connectivity index (χ4v) is 7.47. The Morgan fingerprint density at radius 2 is 1.79 bits per heavy atom. The minimum atomic E-state index is -0.177. The second-order valence-electron chi connectivity index (χ2n) is 13.0. The van der Waals surface area contributed by atoms with Gasteiger partial charge in [-0.05, 0) is 99.5 Å². The van der Waals surface area contributed by atoms with E-state index in [1.54, 1.807) is 0 Å². The Kier molecular flexibility index (Phi) is 10.6. The second kappa shape index (κ2) is 15.0. The molecule has 0 spiro atoms. The summed E-state index contributed by atoms with van der Waals surface area (Å²) >= 11 is 0. The first-order valence-corrected chi connectivity index (χ1v) is 17.4. The van der Waals surface area contributed by atoms with E-state index in [1.807, 2.05) is 26.1 Å². The van der Waals surface area contributed by atoms with Crippen LogP contribution in [-0.2, 0) is 29.0 Å². The van der Waals surface area contributed by atoms with Crippen LogP contribution in [0, 0.1) is 13.8 Å². The van der Waals surface area contributed by atoms with Crippen LogP contribution in [-0.4, -0.2) is 86.0 Å². The molecular weight excluding hydrogens is 592 g/mol. The minimum absolute atomic E-state index is 0.111. The fourth-order valence-electron chi connectivity index (χ4n) is 7.47. The molecule has 0 saturated carbocycles. The van der Waals surface area contributed by atoms with E-state index in [0.717, 1.165) is 118 Å². The SMILES string of the molecule is CCCN1CCc2c(c(C)[nH]c(=O)c2CNC(=O)c2cc(-c3ccc(N4CCOCC4)nc3)cc(N(CC)C3CCOCC3)c2C)C1. The summed E-state index contributed by atoms with van der Waals surface area (Å²) in [5, 5.41) is 3.15. The molecule has 0 aliphatic carbocycles. The topological polar surface area (TPSA) is 103 Å². The third kappa shape index (κ3) is 7.24. The summed E-state index contributed by atoms with van der Waals surface area (Å²) in [5.41, 5.74) is 8.29. The molecule has 2 aromatic heterocycles.